The van der Waals surface area contributed by atoms with Crippen LogP contribution in [0.15, 0.2) is 12.2 Å². The molecule has 168 valence electrons. The predicted octanol–water partition coefficient (Wildman–Crippen LogP) is 1.15. The number of rotatable bonds is 10. The van der Waals surface area contributed by atoms with Crippen molar-refractivity contribution in [2.45, 2.75) is 79.1 Å². The summed E-state index contributed by atoms with van der Waals surface area (Å²) in [6.45, 7) is 23.4. The molecule has 0 aromatic carbocycles. The zero-order valence-electron chi connectivity index (χ0n) is 19.9. The zero-order chi connectivity index (χ0) is 22.9. The Kier molecular flexibility index (Phi) is 13.2. The van der Waals surface area contributed by atoms with Gasteiger partial charge in [0.25, 0.3) is 0 Å². The molecule has 0 rings (SSSR count). The second-order valence-electron chi connectivity index (χ2n) is 9.55. The van der Waals surface area contributed by atoms with Gasteiger partial charge >= 0.3 is 5.97 Å². The quantitative estimate of drug-likeness (QED) is 0.224. The average Bonchev–Trinajstić information content (AvgIpc) is 2.58. The number of aliphatic hydroxyl groups is 2. The number of aliphatic hydroxyl groups excluding tert-OH is 2. The molecule has 0 saturated heterocycles. The lowest BCUT2D eigenvalue weighted by Crippen LogP contribution is -2.51. The third-order valence-corrected chi connectivity index (χ3v) is 10.2. The van der Waals surface area contributed by atoms with Crippen LogP contribution < -0.4 is 0 Å². The second-order valence-corrected chi connectivity index (χ2v) is 16.1. The van der Waals surface area contributed by atoms with Crippen molar-refractivity contribution in [1.29, 1.82) is 0 Å². The van der Waals surface area contributed by atoms with Crippen LogP contribution in [0.25, 0.3) is 0 Å². The second kappa shape index (κ2) is 12.4. The van der Waals surface area contributed by atoms with Gasteiger partial charge in [0.1, 0.15) is 40.0 Å². The topological polar surface area (TPSA) is 85.2 Å². The van der Waals surface area contributed by atoms with E-state index in [0.717, 1.165) is 26.5 Å². The molecule has 28 heavy (non-hydrogen) atoms. The molecular formula is C19H44O6Si3. The molecule has 0 saturated carbocycles. The number of carbonyl (C=O) groups is 1. The number of carbonyl (C=O) groups excluding carboxylic acids is 1. The van der Waals surface area contributed by atoms with E-state index in [-0.39, 0.29) is 29.3 Å². The molecule has 0 spiro atoms. The first-order valence-corrected chi connectivity index (χ1v) is 14.9. The highest BCUT2D eigenvalue weighted by Crippen LogP contribution is 2.53. The van der Waals surface area contributed by atoms with Gasteiger partial charge in [-0.1, -0.05) is 60.8 Å². The van der Waals surface area contributed by atoms with Gasteiger partial charge in [-0.05, 0) is 17.9 Å². The monoisotopic (exact) mass is 452 g/mol. The summed E-state index contributed by atoms with van der Waals surface area (Å²) in [5.74, 6) is -0.558. The molecule has 0 aromatic rings. The van der Waals surface area contributed by atoms with E-state index in [9.17, 15) is 4.79 Å². The van der Waals surface area contributed by atoms with E-state index >= 15 is 0 Å². The SMILES string of the molecule is C=C(C)C(=O)OCC(O)CO.CC(C(C)(C)C(C)(C)C(O[SiH3])O[SiH3])[Si](C)(C)C. The van der Waals surface area contributed by atoms with Crippen LogP contribution in [0.5, 0.6) is 0 Å². The normalized spacial score (nSPS) is 16.0. The highest BCUT2D eigenvalue weighted by Gasteiger charge is 2.49. The first-order chi connectivity index (χ1) is 12.5. The molecule has 0 radical (unpaired) electrons. The van der Waals surface area contributed by atoms with Crippen LogP contribution in [0.4, 0.5) is 0 Å². The smallest absolute Gasteiger partial charge is 0.333 e. The Morgan fingerprint density at radius 3 is 1.82 bits per heavy atom. The lowest BCUT2D eigenvalue weighted by atomic mass is 9.65. The molecule has 9 heteroatoms. The maximum atomic E-state index is 10.6. The van der Waals surface area contributed by atoms with Gasteiger partial charge in [-0.15, -0.1) is 0 Å². The van der Waals surface area contributed by atoms with Crippen LogP contribution >= 0.6 is 0 Å². The van der Waals surface area contributed by atoms with Crippen molar-refractivity contribution in [2.24, 2.45) is 10.8 Å². The highest BCUT2D eigenvalue weighted by atomic mass is 28.3. The number of esters is 1. The lowest BCUT2D eigenvalue weighted by Gasteiger charge is -2.52. The minimum absolute atomic E-state index is 0.0327. The van der Waals surface area contributed by atoms with E-state index in [4.69, 9.17) is 19.1 Å². The summed E-state index contributed by atoms with van der Waals surface area (Å²) in [4.78, 5) is 10.6. The summed E-state index contributed by atoms with van der Waals surface area (Å²) < 4.78 is 15.9. The highest BCUT2D eigenvalue weighted by molar-refractivity contribution is 6.77. The van der Waals surface area contributed by atoms with Crippen molar-refractivity contribution >= 4 is 35.0 Å². The predicted molar refractivity (Wildman–Crippen MR) is 125 cm³/mol. The van der Waals surface area contributed by atoms with Gasteiger partial charge in [-0.25, -0.2) is 4.79 Å². The standard InChI is InChI=1S/C12H32O2Si3.C7H12O4/c1-9(17(6,7)8)11(2,3)12(4,5)10(13-15)14-16;1-5(2)7(10)11-4-6(9)3-8/h9-10H,1-8,15-16H3;6,8-9H,1,3-4H2,2H3. The fourth-order valence-corrected chi connectivity index (χ4v) is 7.46. The number of hydrogen-bond acceptors (Lipinski definition) is 6. The van der Waals surface area contributed by atoms with Crippen LogP contribution in [0.2, 0.25) is 25.2 Å². The molecule has 0 aliphatic rings. The van der Waals surface area contributed by atoms with Gasteiger partial charge in [0.05, 0.1) is 6.61 Å². The van der Waals surface area contributed by atoms with E-state index in [0.29, 0.717) is 0 Å². The minimum atomic E-state index is -1.17. The maximum absolute atomic E-state index is 10.6. The Balaban J connectivity index is 0. The van der Waals surface area contributed by atoms with Crippen molar-refractivity contribution < 1.29 is 28.6 Å². The minimum Gasteiger partial charge on any atom is -0.460 e. The molecule has 2 unspecified atom stereocenters. The van der Waals surface area contributed by atoms with Crippen molar-refractivity contribution in [3.05, 3.63) is 12.2 Å². The fourth-order valence-electron chi connectivity index (χ4n) is 2.98. The molecule has 0 aliphatic carbocycles. The van der Waals surface area contributed by atoms with Gasteiger partial charge in [-0.3, -0.25) is 0 Å². The van der Waals surface area contributed by atoms with Gasteiger partial charge in [0, 0.05) is 19.1 Å². The first kappa shape index (κ1) is 29.9. The van der Waals surface area contributed by atoms with Gasteiger partial charge < -0.3 is 23.8 Å². The molecule has 6 nitrogen and oxygen atoms in total. The fraction of sp³-hybridized carbons (Fsp3) is 0.842. The molecule has 0 bridgehead atoms. The van der Waals surface area contributed by atoms with E-state index < -0.39 is 26.8 Å². The molecule has 0 amide bonds. The zero-order valence-corrected chi connectivity index (χ0v) is 24.9. The summed E-state index contributed by atoms with van der Waals surface area (Å²) in [7, 11) is 0.315. The van der Waals surface area contributed by atoms with Crippen LogP contribution in [0.3, 0.4) is 0 Å². The lowest BCUT2D eigenvalue weighted by molar-refractivity contribution is -0.142. The van der Waals surface area contributed by atoms with Gasteiger partial charge in [0.2, 0.25) is 0 Å². The number of ether oxygens (including phenoxy) is 1. The maximum Gasteiger partial charge on any atom is 0.333 e. The Labute approximate surface area is 179 Å². The third kappa shape index (κ3) is 9.02. The van der Waals surface area contributed by atoms with Crippen LogP contribution in [0.1, 0.15) is 41.5 Å². The summed E-state index contributed by atoms with van der Waals surface area (Å²) in [6, 6.07) is 0. The summed E-state index contributed by atoms with van der Waals surface area (Å²) >= 11 is 0. The molecular weight excluding hydrogens is 408 g/mol. The summed E-state index contributed by atoms with van der Waals surface area (Å²) in [5.41, 5.74) is 1.27. The molecule has 0 aromatic heterocycles. The van der Waals surface area contributed by atoms with Crippen LogP contribution in [0, 0.1) is 10.8 Å². The Hall–Kier alpha value is -0.299. The van der Waals surface area contributed by atoms with Crippen LogP contribution in [-0.4, -0.2) is 70.8 Å². The Bertz CT molecular complexity index is 485. The van der Waals surface area contributed by atoms with E-state index in [1.165, 1.54) is 6.92 Å². The van der Waals surface area contributed by atoms with E-state index in [2.05, 4.69) is 65.6 Å². The molecule has 0 fully saturated rings. The van der Waals surface area contributed by atoms with E-state index in [1.807, 2.05) is 0 Å². The molecule has 0 heterocycles. The summed E-state index contributed by atoms with van der Waals surface area (Å²) in [5, 5.41) is 17.1. The van der Waals surface area contributed by atoms with Crippen molar-refractivity contribution in [2.75, 3.05) is 13.2 Å². The number of hydrogen-bond donors (Lipinski definition) is 2. The van der Waals surface area contributed by atoms with Crippen LogP contribution in [-0.2, 0) is 18.4 Å². The van der Waals surface area contributed by atoms with Gasteiger partial charge in [0.15, 0.2) is 0 Å². The largest absolute Gasteiger partial charge is 0.460 e. The van der Waals surface area contributed by atoms with Crippen molar-refractivity contribution in [3.8, 4) is 0 Å². The molecule has 2 atom stereocenters. The Morgan fingerprint density at radius 1 is 1.11 bits per heavy atom. The first-order valence-electron chi connectivity index (χ1n) is 9.67. The third-order valence-electron chi connectivity index (χ3n) is 6.03. The molecule has 2 N–H and O–H groups in total. The van der Waals surface area contributed by atoms with Gasteiger partial charge in [-0.2, -0.15) is 0 Å². The Morgan fingerprint density at radius 2 is 1.54 bits per heavy atom. The van der Waals surface area contributed by atoms with Crippen molar-refractivity contribution in [1.82, 2.24) is 0 Å². The summed E-state index contributed by atoms with van der Waals surface area (Å²) in [6.07, 6.45) is -1.03. The van der Waals surface area contributed by atoms with E-state index in [1.54, 1.807) is 0 Å². The van der Waals surface area contributed by atoms with Crippen molar-refractivity contribution in [3.63, 3.8) is 0 Å². The molecule has 0 aliphatic heterocycles. The average molecular weight is 453 g/mol.